The third kappa shape index (κ3) is 5.52. The molecule has 202 valence electrons. The van der Waals surface area contributed by atoms with Crippen molar-refractivity contribution in [2.75, 3.05) is 13.7 Å². The molecule has 2 aromatic heterocycles. The van der Waals surface area contributed by atoms with E-state index in [0.29, 0.717) is 0 Å². The van der Waals surface area contributed by atoms with Crippen molar-refractivity contribution in [2.45, 2.75) is 32.8 Å². The topological polar surface area (TPSA) is 110 Å². The Morgan fingerprint density at radius 1 is 1.03 bits per heavy atom. The number of imidazole rings is 1. The van der Waals surface area contributed by atoms with E-state index in [1.54, 1.807) is 0 Å². The zero-order valence-corrected chi connectivity index (χ0v) is 20.8. The van der Waals surface area contributed by atoms with Gasteiger partial charge in [-0.15, -0.1) is 13.2 Å². The number of nitrogens with zero attached hydrogens (tertiary/aromatic N) is 4. The fourth-order valence-electron chi connectivity index (χ4n) is 3.91. The van der Waals surface area contributed by atoms with Gasteiger partial charge in [-0.05, 0) is 31.0 Å². The van der Waals surface area contributed by atoms with Crippen LogP contribution in [-0.2, 0) is 20.1 Å². The molecule has 0 fully saturated rings. The van der Waals surface area contributed by atoms with Crippen molar-refractivity contribution in [3.8, 4) is 23.3 Å². The van der Waals surface area contributed by atoms with Crippen molar-refractivity contribution in [3.05, 3.63) is 74.4 Å². The van der Waals surface area contributed by atoms with Gasteiger partial charge in [-0.3, -0.25) is 18.5 Å². The molecule has 38 heavy (non-hydrogen) atoms. The molecule has 0 aliphatic rings. The lowest BCUT2D eigenvalue weighted by Gasteiger charge is -2.14. The molecule has 2 aromatic carbocycles. The van der Waals surface area contributed by atoms with Gasteiger partial charge in [0.05, 0.1) is 13.7 Å². The Morgan fingerprint density at radius 2 is 1.74 bits per heavy atom. The number of aliphatic hydroxyl groups is 1. The van der Waals surface area contributed by atoms with Gasteiger partial charge in [0.1, 0.15) is 5.75 Å². The monoisotopic (exact) mass is 534 g/mol. The zero-order valence-electron chi connectivity index (χ0n) is 20.8. The maximum absolute atomic E-state index is 13.5. The first-order valence-corrected chi connectivity index (χ1v) is 11.5. The standard InChI is InChI=1S/C25H25F3N4O6/c1-15-5-7-16(8-6-15)14-32-20-21(30(2)24(35)31(22(20)34)11-4-12-33)29-23(32)37-19-13-17(38-25(26,27)28)9-10-18(19)36-3/h5-10,13,33H,4,11-12,14H2,1-3H3. The number of ether oxygens (including phenoxy) is 3. The average molecular weight is 534 g/mol. The van der Waals surface area contributed by atoms with Gasteiger partial charge in [-0.2, -0.15) is 4.98 Å². The lowest BCUT2D eigenvalue weighted by Crippen LogP contribution is -2.39. The van der Waals surface area contributed by atoms with Gasteiger partial charge in [0.25, 0.3) is 5.56 Å². The van der Waals surface area contributed by atoms with Gasteiger partial charge in [0, 0.05) is 26.3 Å². The van der Waals surface area contributed by atoms with E-state index < -0.39 is 23.4 Å². The highest BCUT2D eigenvalue weighted by atomic mass is 19.4. The molecule has 1 N–H and O–H groups in total. The summed E-state index contributed by atoms with van der Waals surface area (Å²) in [5.74, 6) is -0.615. The summed E-state index contributed by atoms with van der Waals surface area (Å²) in [6.07, 6.45) is -4.75. The minimum atomic E-state index is -4.93. The number of rotatable bonds is 9. The third-order valence-corrected chi connectivity index (χ3v) is 5.77. The molecule has 0 radical (unpaired) electrons. The van der Waals surface area contributed by atoms with E-state index in [1.807, 2.05) is 31.2 Å². The van der Waals surface area contributed by atoms with E-state index in [-0.39, 0.29) is 54.8 Å². The number of aromatic nitrogens is 4. The van der Waals surface area contributed by atoms with Crippen molar-refractivity contribution < 1.29 is 32.5 Å². The fourth-order valence-corrected chi connectivity index (χ4v) is 3.91. The molecular weight excluding hydrogens is 509 g/mol. The minimum Gasteiger partial charge on any atom is -0.493 e. The predicted molar refractivity (Wildman–Crippen MR) is 131 cm³/mol. The summed E-state index contributed by atoms with van der Waals surface area (Å²) in [4.78, 5) is 30.7. The molecule has 0 unspecified atom stereocenters. The van der Waals surface area contributed by atoms with Crippen LogP contribution in [0, 0.1) is 6.92 Å². The first kappa shape index (κ1) is 26.8. The number of benzene rings is 2. The molecule has 13 heteroatoms. The number of halogens is 3. The quantitative estimate of drug-likeness (QED) is 0.351. The van der Waals surface area contributed by atoms with E-state index >= 15 is 0 Å². The number of aliphatic hydroxyl groups excluding tert-OH is 1. The van der Waals surface area contributed by atoms with E-state index in [4.69, 9.17) is 9.47 Å². The van der Waals surface area contributed by atoms with Gasteiger partial charge < -0.3 is 19.3 Å². The Hall–Kier alpha value is -4.26. The molecule has 0 saturated heterocycles. The second-order valence-electron chi connectivity index (χ2n) is 8.48. The van der Waals surface area contributed by atoms with E-state index in [2.05, 4.69) is 9.72 Å². The second-order valence-corrected chi connectivity index (χ2v) is 8.48. The first-order valence-electron chi connectivity index (χ1n) is 11.5. The van der Waals surface area contributed by atoms with Crippen LogP contribution in [0.5, 0.6) is 23.3 Å². The second kappa shape index (κ2) is 10.6. The van der Waals surface area contributed by atoms with Crippen LogP contribution >= 0.6 is 0 Å². The zero-order chi connectivity index (χ0) is 27.6. The summed E-state index contributed by atoms with van der Waals surface area (Å²) in [5, 5.41) is 9.22. The summed E-state index contributed by atoms with van der Waals surface area (Å²) in [6, 6.07) is 10.6. The molecule has 0 saturated carbocycles. The van der Waals surface area contributed by atoms with Crippen LogP contribution in [0.3, 0.4) is 0 Å². The molecule has 0 bridgehead atoms. The van der Waals surface area contributed by atoms with Crippen molar-refractivity contribution >= 4 is 11.2 Å². The molecular formula is C25H25F3N4O6. The van der Waals surface area contributed by atoms with Crippen molar-refractivity contribution in [2.24, 2.45) is 7.05 Å². The summed E-state index contributed by atoms with van der Waals surface area (Å²) in [7, 11) is 2.75. The Kier molecular flexibility index (Phi) is 7.49. The highest BCUT2D eigenvalue weighted by Crippen LogP contribution is 2.37. The van der Waals surface area contributed by atoms with Crippen molar-refractivity contribution in [3.63, 3.8) is 0 Å². The number of methoxy groups -OCH3 is 1. The smallest absolute Gasteiger partial charge is 0.493 e. The molecule has 4 rings (SSSR count). The number of fused-ring (bicyclic) bond motifs is 1. The number of alkyl halides is 3. The summed E-state index contributed by atoms with van der Waals surface area (Å²) >= 11 is 0. The molecule has 0 aliphatic carbocycles. The van der Waals surface area contributed by atoms with Crippen LogP contribution in [0.25, 0.3) is 11.2 Å². The summed E-state index contributed by atoms with van der Waals surface area (Å²) < 4.78 is 57.2. The van der Waals surface area contributed by atoms with E-state index in [0.717, 1.165) is 27.8 Å². The Morgan fingerprint density at radius 3 is 2.37 bits per heavy atom. The molecule has 0 spiro atoms. The maximum atomic E-state index is 13.5. The molecule has 10 nitrogen and oxygen atoms in total. The maximum Gasteiger partial charge on any atom is 0.573 e. The number of hydrogen-bond acceptors (Lipinski definition) is 7. The molecule has 0 amide bonds. The molecule has 4 aromatic rings. The van der Waals surface area contributed by atoms with E-state index in [1.165, 1.54) is 29.4 Å². The largest absolute Gasteiger partial charge is 0.573 e. The van der Waals surface area contributed by atoms with Gasteiger partial charge >= 0.3 is 18.1 Å². The van der Waals surface area contributed by atoms with Gasteiger partial charge in [-0.25, -0.2) is 4.79 Å². The van der Waals surface area contributed by atoms with Crippen molar-refractivity contribution in [1.82, 2.24) is 18.7 Å². The minimum absolute atomic E-state index is 0.0176. The molecule has 0 atom stereocenters. The van der Waals surface area contributed by atoms with Crippen LogP contribution in [0.2, 0.25) is 0 Å². The van der Waals surface area contributed by atoms with Gasteiger partial charge in [-0.1, -0.05) is 29.8 Å². The SMILES string of the molecule is COc1ccc(OC(F)(F)F)cc1Oc1nc2c(c(=O)n(CCCO)c(=O)n2C)n1Cc1ccc(C)cc1. The van der Waals surface area contributed by atoms with Gasteiger partial charge in [0.15, 0.2) is 22.7 Å². The van der Waals surface area contributed by atoms with Gasteiger partial charge in [0.2, 0.25) is 0 Å². The first-order chi connectivity index (χ1) is 18.0. The Labute approximate surface area is 214 Å². The number of hydrogen-bond donors (Lipinski definition) is 1. The predicted octanol–water partition coefficient (Wildman–Crippen LogP) is 3.34. The normalized spacial score (nSPS) is 11.7. The van der Waals surface area contributed by atoms with Crippen LogP contribution in [0.1, 0.15) is 17.5 Å². The van der Waals surface area contributed by atoms with Crippen LogP contribution in [0.4, 0.5) is 13.2 Å². The highest BCUT2D eigenvalue weighted by Gasteiger charge is 2.32. The van der Waals surface area contributed by atoms with Crippen LogP contribution < -0.4 is 25.5 Å². The average Bonchev–Trinajstić information content (AvgIpc) is 3.21. The number of aryl methyl sites for hydroxylation is 2. The summed E-state index contributed by atoms with van der Waals surface area (Å²) in [6.45, 7) is 1.78. The Bertz CT molecular complexity index is 1570. The van der Waals surface area contributed by atoms with Crippen LogP contribution in [0.15, 0.2) is 52.1 Å². The van der Waals surface area contributed by atoms with Crippen LogP contribution in [-0.4, -0.2) is 43.9 Å². The Balaban J connectivity index is 1.92. The lowest BCUT2D eigenvalue weighted by atomic mass is 10.1. The fraction of sp³-hybridized carbons (Fsp3) is 0.320. The lowest BCUT2D eigenvalue weighted by molar-refractivity contribution is -0.274. The third-order valence-electron chi connectivity index (χ3n) is 5.77. The van der Waals surface area contributed by atoms with Crippen molar-refractivity contribution in [1.29, 1.82) is 0 Å². The molecule has 2 heterocycles. The highest BCUT2D eigenvalue weighted by molar-refractivity contribution is 5.72. The summed E-state index contributed by atoms with van der Waals surface area (Å²) in [5.41, 5.74) is 0.566. The van der Waals surface area contributed by atoms with E-state index in [9.17, 15) is 27.9 Å². The molecule has 0 aliphatic heterocycles.